The van der Waals surface area contributed by atoms with Gasteiger partial charge in [-0.15, -0.1) is 0 Å². The Morgan fingerprint density at radius 2 is 1.96 bits per heavy atom. The van der Waals surface area contributed by atoms with Gasteiger partial charge < -0.3 is 20.1 Å². The summed E-state index contributed by atoms with van der Waals surface area (Å²) < 4.78 is 11.1. The van der Waals surface area contributed by atoms with Crippen molar-refractivity contribution in [2.45, 2.75) is 32.9 Å². The second-order valence-electron chi connectivity index (χ2n) is 7.33. The summed E-state index contributed by atoms with van der Waals surface area (Å²) >= 11 is 0. The van der Waals surface area contributed by atoms with Crippen molar-refractivity contribution in [1.82, 2.24) is 15.5 Å². The number of carbonyl (C=O) groups excluding carboxylic acids is 1. The van der Waals surface area contributed by atoms with Gasteiger partial charge in [-0.25, -0.2) is 0 Å². The first-order valence-corrected chi connectivity index (χ1v) is 8.96. The Morgan fingerprint density at radius 1 is 1.24 bits per heavy atom. The zero-order valence-electron chi connectivity index (χ0n) is 15.6. The van der Waals surface area contributed by atoms with Crippen LogP contribution in [0.5, 0.6) is 5.75 Å². The highest BCUT2D eigenvalue weighted by molar-refractivity contribution is 5.78. The summed E-state index contributed by atoms with van der Waals surface area (Å²) in [4.78, 5) is 14.3. The van der Waals surface area contributed by atoms with Crippen LogP contribution in [0.15, 0.2) is 24.3 Å². The van der Waals surface area contributed by atoms with Crippen molar-refractivity contribution >= 4 is 5.91 Å². The third-order valence-electron chi connectivity index (χ3n) is 3.87. The van der Waals surface area contributed by atoms with E-state index >= 15 is 0 Å². The number of hydrogen-bond donors (Lipinski definition) is 2. The van der Waals surface area contributed by atoms with Gasteiger partial charge in [-0.3, -0.25) is 9.69 Å². The fourth-order valence-corrected chi connectivity index (χ4v) is 2.67. The highest BCUT2D eigenvalue weighted by atomic mass is 16.5. The van der Waals surface area contributed by atoms with E-state index in [9.17, 15) is 4.79 Å². The molecule has 1 amide bonds. The van der Waals surface area contributed by atoms with Gasteiger partial charge in [0.25, 0.3) is 5.91 Å². The topological polar surface area (TPSA) is 62.8 Å². The summed E-state index contributed by atoms with van der Waals surface area (Å²) in [6.07, 6.45) is 0. The molecule has 1 aromatic rings. The summed E-state index contributed by atoms with van der Waals surface area (Å²) in [6, 6.07) is 7.84. The first kappa shape index (κ1) is 19.7. The normalized spacial score (nSPS) is 15.8. The Morgan fingerprint density at radius 3 is 2.68 bits per heavy atom. The number of morpholine rings is 1. The van der Waals surface area contributed by atoms with Crippen molar-refractivity contribution in [1.29, 1.82) is 0 Å². The average Bonchev–Trinajstić information content (AvgIpc) is 2.57. The van der Waals surface area contributed by atoms with E-state index in [0.29, 0.717) is 0 Å². The Bertz CT molecular complexity index is 537. The number of hydrogen-bond acceptors (Lipinski definition) is 5. The fourth-order valence-electron chi connectivity index (χ4n) is 2.67. The highest BCUT2D eigenvalue weighted by Gasteiger charge is 2.14. The van der Waals surface area contributed by atoms with Crippen LogP contribution in [0, 0.1) is 0 Å². The molecule has 2 rings (SSSR count). The zero-order valence-corrected chi connectivity index (χ0v) is 15.6. The second-order valence-corrected chi connectivity index (χ2v) is 7.33. The molecule has 6 heteroatoms. The molecule has 0 aliphatic carbocycles. The molecule has 0 saturated carbocycles. The number of amides is 1. The van der Waals surface area contributed by atoms with Crippen LogP contribution in [0.1, 0.15) is 26.3 Å². The maximum absolute atomic E-state index is 11.9. The minimum absolute atomic E-state index is 0.0298. The molecule has 0 unspecified atom stereocenters. The van der Waals surface area contributed by atoms with Gasteiger partial charge in [-0.1, -0.05) is 18.2 Å². The van der Waals surface area contributed by atoms with Crippen LogP contribution in [0.4, 0.5) is 0 Å². The quantitative estimate of drug-likeness (QED) is 0.695. The summed E-state index contributed by atoms with van der Waals surface area (Å²) in [6.45, 7) is 12.2. The number of benzene rings is 1. The minimum Gasteiger partial charge on any atom is -0.483 e. The number of nitrogens with zero attached hydrogens (tertiary/aromatic N) is 1. The summed E-state index contributed by atoms with van der Waals surface area (Å²) in [5.41, 5.74) is 0.814. The van der Waals surface area contributed by atoms with Crippen LogP contribution in [0.3, 0.4) is 0 Å². The maximum atomic E-state index is 11.9. The molecule has 0 aromatic heterocycles. The minimum atomic E-state index is -0.249. The largest absolute Gasteiger partial charge is 0.483 e. The van der Waals surface area contributed by atoms with E-state index in [1.165, 1.54) is 0 Å². The molecule has 0 radical (unpaired) electrons. The molecule has 1 saturated heterocycles. The molecule has 6 nitrogen and oxygen atoms in total. The molecule has 0 atom stereocenters. The SMILES string of the molecule is CC(C)(C)NC(=O)COc1ccccc1CNCCN1CCOCC1. The number of para-hydroxylation sites is 1. The van der Waals surface area contributed by atoms with E-state index < -0.39 is 0 Å². The van der Waals surface area contributed by atoms with Crippen molar-refractivity contribution in [3.63, 3.8) is 0 Å². The Balaban J connectivity index is 1.74. The third-order valence-corrected chi connectivity index (χ3v) is 3.87. The van der Waals surface area contributed by atoms with E-state index in [1.54, 1.807) is 0 Å². The lowest BCUT2D eigenvalue weighted by Gasteiger charge is -2.26. The van der Waals surface area contributed by atoms with Gasteiger partial charge >= 0.3 is 0 Å². The Hall–Kier alpha value is -1.63. The molecular formula is C19H31N3O3. The van der Waals surface area contributed by atoms with Gasteiger partial charge in [-0.2, -0.15) is 0 Å². The lowest BCUT2D eigenvalue weighted by Crippen LogP contribution is -2.43. The standard InChI is InChI=1S/C19H31N3O3/c1-19(2,3)21-18(23)15-25-17-7-5-4-6-16(17)14-20-8-9-22-10-12-24-13-11-22/h4-7,20H,8-15H2,1-3H3,(H,21,23). The smallest absolute Gasteiger partial charge is 0.258 e. The van der Waals surface area contributed by atoms with E-state index in [2.05, 4.69) is 15.5 Å². The molecule has 1 aliphatic rings. The van der Waals surface area contributed by atoms with Crippen LogP contribution in [0.2, 0.25) is 0 Å². The van der Waals surface area contributed by atoms with Crippen LogP contribution >= 0.6 is 0 Å². The van der Waals surface area contributed by atoms with Crippen molar-refractivity contribution in [2.75, 3.05) is 46.0 Å². The first-order chi connectivity index (χ1) is 11.9. The molecule has 140 valence electrons. The average molecular weight is 349 g/mol. The molecule has 0 bridgehead atoms. The van der Waals surface area contributed by atoms with Crippen molar-refractivity contribution in [3.8, 4) is 5.75 Å². The molecule has 0 spiro atoms. The van der Waals surface area contributed by atoms with Crippen LogP contribution in [0.25, 0.3) is 0 Å². The predicted octanol–water partition coefficient (Wildman–Crippen LogP) is 1.40. The molecule has 1 aliphatic heterocycles. The monoisotopic (exact) mass is 349 g/mol. The van der Waals surface area contributed by atoms with E-state index in [0.717, 1.165) is 57.3 Å². The third kappa shape index (κ3) is 7.86. The van der Waals surface area contributed by atoms with Crippen molar-refractivity contribution < 1.29 is 14.3 Å². The van der Waals surface area contributed by atoms with Gasteiger partial charge in [0, 0.05) is 43.8 Å². The molecular weight excluding hydrogens is 318 g/mol. The van der Waals surface area contributed by atoms with Gasteiger partial charge in [-0.05, 0) is 26.8 Å². The summed E-state index contributed by atoms with van der Waals surface area (Å²) in [5, 5.41) is 6.35. The van der Waals surface area contributed by atoms with Crippen LogP contribution < -0.4 is 15.4 Å². The number of carbonyl (C=O) groups is 1. The predicted molar refractivity (Wildman–Crippen MR) is 98.8 cm³/mol. The van der Waals surface area contributed by atoms with E-state index in [1.807, 2.05) is 45.0 Å². The van der Waals surface area contributed by atoms with Gasteiger partial charge in [0.2, 0.25) is 0 Å². The zero-order chi connectivity index (χ0) is 18.1. The number of ether oxygens (including phenoxy) is 2. The van der Waals surface area contributed by atoms with Crippen molar-refractivity contribution in [3.05, 3.63) is 29.8 Å². The molecule has 1 aromatic carbocycles. The van der Waals surface area contributed by atoms with Gasteiger partial charge in [0.1, 0.15) is 5.75 Å². The fraction of sp³-hybridized carbons (Fsp3) is 0.632. The van der Waals surface area contributed by atoms with E-state index in [4.69, 9.17) is 9.47 Å². The van der Waals surface area contributed by atoms with Crippen LogP contribution in [-0.4, -0.2) is 62.3 Å². The lowest BCUT2D eigenvalue weighted by atomic mass is 10.1. The molecule has 1 fully saturated rings. The molecule has 25 heavy (non-hydrogen) atoms. The Kier molecular flexibility index (Phi) is 7.68. The van der Waals surface area contributed by atoms with Crippen molar-refractivity contribution in [2.24, 2.45) is 0 Å². The van der Waals surface area contributed by atoms with Crippen LogP contribution in [-0.2, 0) is 16.1 Å². The van der Waals surface area contributed by atoms with Gasteiger partial charge in [0.05, 0.1) is 13.2 Å². The molecule has 2 N–H and O–H groups in total. The number of nitrogens with one attached hydrogen (secondary N) is 2. The molecule has 1 heterocycles. The van der Waals surface area contributed by atoms with E-state index in [-0.39, 0.29) is 18.1 Å². The second kappa shape index (κ2) is 9.75. The Labute approximate surface area is 150 Å². The highest BCUT2D eigenvalue weighted by Crippen LogP contribution is 2.17. The summed E-state index contributed by atoms with van der Waals surface area (Å²) in [5.74, 6) is 0.646. The number of rotatable bonds is 8. The summed E-state index contributed by atoms with van der Waals surface area (Å²) in [7, 11) is 0. The maximum Gasteiger partial charge on any atom is 0.258 e. The lowest BCUT2D eigenvalue weighted by molar-refractivity contribution is -0.124. The first-order valence-electron chi connectivity index (χ1n) is 8.96. The van der Waals surface area contributed by atoms with Gasteiger partial charge in [0.15, 0.2) is 6.61 Å².